The van der Waals surface area contributed by atoms with E-state index in [1.165, 1.54) is 0 Å². The summed E-state index contributed by atoms with van der Waals surface area (Å²) in [4.78, 5) is 14.5. The molecule has 1 aromatic carbocycles. The van der Waals surface area contributed by atoms with Crippen molar-refractivity contribution in [1.82, 2.24) is 15.1 Å². The summed E-state index contributed by atoms with van der Waals surface area (Å²) in [5.41, 5.74) is 0.960. The van der Waals surface area contributed by atoms with Crippen molar-refractivity contribution in [2.45, 2.75) is 25.2 Å². The lowest BCUT2D eigenvalue weighted by Gasteiger charge is -2.30. The van der Waals surface area contributed by atoms with Crippen molar-refractivity contribution in [2.24, 2.45) is 0 Å². The Morgan fingerprint density at radius 3 is 2.81 bits per heavy atom. The molecule has 0 atom stereocenters. The molecule has 1 fully saturated rings. The summed E-state index contributed by atoms with van der Waals surface area (Å²) in [6, 6.07) is 11.2. The van der Waals surface area contributed by atoms with Crippen molar-refractivity contribution in [3.63, 3.8) is 0 Å². The van der Waals surface area contributed by atoms with Crippen LogP contribution in [0.2, 0.25) is 0 Å². The number of methoxy groups -OCH3 is 1. The molecule has 0 unspecified atom stereocenters. The van der Waals surface area contributed by atoms with Crippen LogP contribution in [0.5, 0.6) is 5.75 Å². The largest absolute Gasteiger partial charge is 0.497 e. The zero-order valence-corrected chi connectivity index (χ0v) is 15.1. The fraction of sp³-hybridized carbons (Fsp3) is 0.350. The number of benzene rings is 1. The van der Waals surface area contributed by atoms with Gasteiger partial charge < -0.3 is 18.5 Å². The van der Waals surface area contributed by atoms with Gasteiger partial charge in [-0.2, -0.15) is 0 Å². The van der Waals surface area contributed by atoms with E-state index in [2.05, 4.69) is 10.2 Å². The molecule has 1 saturated heterocycles. The number of carbonyl (C=O) groups is 1. The van der Waals surface area contributed by atoms with Gasteiger partial charge in [-0.05, 0) is 42.7 Å². The average Bonchev–Trinajstić information content (AvgIpc) is 3.40. The van der Waals surface area contributed by atoms with Crippen LogP contribution in [0.3, 0.4) is 0 Å². The van der Waals surface area contributed by atoms with Crippen LogP contribution in [-0.4, -0.2) is 41.2 Å². The molecular formula is C20H21N3O4. The summed E-state index contributed by atoms with van der Waals surface area (Å²) in [6.07, 6.45) is 3.57. The summed E-state index contributed by atoms with van der Waals surface area (Å²) in [6.45, 7) is 1.37. The van der Waals surface area contributed by atoms with Crippen molar-refractivity contribution >= 4 is 5.91 Å². The van der Waals surface area contributed by atoms with Gasteiger partial charge in [0.1, 0.15) is 5.75 Å². The monoisotopic (exact) mass is 367 g/mol. The van der Waals surface area contributed by atoms with Crippen LogP contribution < -0.4 is 4.74 Å². The maximum atomic E-state index is 12.6. The predicted molar refractivity (Wildman–Crippen MR) is 97.3 cm³/mol. The Bertz CT molecular complexity index is 896. The van der Waals surface area contributed by atoms with Gasteiger partial charge in [0.15, 0.2) is 5.76 Å². The molecule has 27 heavy (non-hydrogen) atoms. The second kappa shape index (κ2) is 7.65. The molecule has 140 valence electrons. The van der Waals surface area contributed by atoms with Gasteiger partial charge in [0.05, 0.1) is 19.8 Å². The molecule has 3 heterocycles. The Morgan fingerprint density at radius 1 is 1.22 bits per heavy atom. The third-order valence-corrected chi connectivity index (χ3v) is 4.86. The van der Waals surface area contributed by atoms with E-state index in [0.717, 1.165) is 24.2 Å². The number of ether oxygens (including phenoxy) is 1. The standard InChI is InChI=1S/C20H21N3O4/c1-25-16-5-2-4-14(12-16)13-18(24)23-9-7-15(8-10-23)19-21-22-20(27-19)17-6-3-11-26-17/h2-6,11-12,15H,7-10,13H2,1H3. The Labute approximate surface area is 156 Å². The van der Waals surface area contributed by atoms with E-state index < -0.39 is 0 Å². The minimum atomic E-state index is 0.128. The van der Waals surface area contributed by atoms with Crippen molar-refractivity contribution in [3.8, 4) is 17.4 Å². The first-order valence-electron chi connectivity index (χ1n) is 9.01. The number of rotatable bonds is 5. The van der Waals surface area contributed by atoms with Crippen LogP contribution in [0.15, 0.2) is 51.5 Å². The van der Waals surface area contributed by atoms with Crippen molar-refractivity contribution in [1.29, 1.82) is 0 Å². The molecule has 0 spiro atoms. The first kappa shape index (κ1) is 17.3. The smallest absolute Gasteiger partial charge is 0.283 e. The molecule has 7 heteroatoms. The van der Waals surface area contributed by atoms with Crippen molar-refractivity contribution in [2.75, 3.05) is 20.2 Å². The molecular weight excluding hydrogens is 346 g/mol. The summed E-state index contributed by atoms with van der Waals surface area (Å²) in [5.74, 6) is 2.64. The predicted octanol–water partition coefficient (Wildman–Crippen LogP) is 3.29. The van der Waals surface area contributed by atoms with Gasteiger partial charge in [-0.25, -0.2) is 0 Å². The van der Waals surface area contributed by atoms with Gasteiger partial charge in [-0.15, -0.1) is 10.2 Å². The van der Waals surface area contributed by atoms with Gasteiger partial charge in [-0.3, -0.25) is 4.79 Å². The third-order valence-electron chi connectivity index (χ3n) is 4.86. The third kappa shape index (κ3) is 3.86. The molecule has 2 aromatic heterocycles. The van der Waals surface area contributed by atoms with E-state index >= 15 is 0 Å². The minimum absolute atomic E-state index is 0.128. The highest BCUT2D eigenvalue weighted by molar-refractivity contribution is 5.79. The Balaban J connectivity index is 1.34. The van der Waals surface area contributed by atoms with Gasteiger partial charge >= 0.3 is 0 Å². The number of likely N-dealkylation sites (tertiary alicyclic amines) is 1. The van der Waals surface area contributed by atoms with E-state index in [1.807, 2.05) is 29.2 Å². The normalized spacial score (nSPS) is 15.1. The molecule has 4 rings (SSSR count). The highest BCUT2D eigenvalue weighted by Gasteiger charge is 2.27. The molecule has 0 saturated carbocycles. The quantitative estimate of drug-likeness (QED) is 0.688. The van der Waals surface area contributed by atoms with Gasteiger partial charge in [0.2, 0.25) is 11.8 Å². The highest BCUT2D eigenvalue weighted by Crippen LogP contribution is 2.29. The van der Waals surface area contributed by atoms with Gasteiger partial charge in [0, 0.05) is 19.0 Å². The molecule has 0 radical (unpaired) electrons. The summed E-state index contributed by atoms with van der Waals surface area (Å²) < 4.78 is 16.3. The molecule has 1 aliphatic heterocycles. The van der Waals surface area contributed by atoms with Crippen LogP contribution in [-0.2, 0) is 11.2 Å². The molecule has 3 aromatic rings. The zero-order chi connectivity index (χ0) is 18.6. The number of piperidine rings is 1. The van der Waals surface area contributed by atoms with E-state index in [4.69, 9.17) is 13.6 Å². The maximum absolute atomic E-state index is 12.6. The molecule has 7 nitrogen and oxygen atoms in total. The Kier molecular flexibility index (Phi) is 4.91. The van der Waals surface area contributed by atoms with Crippen LogP contribution in [0, 0.1) is 0 Å². The number of hydrogen-bond donors (Lipinski definition) is 0. The fourth-order valence-electron chi connectivity index (χ4n) is 3.34. The lowest BCUT2D eigenvalue weighted by molar-refractivity contribution is -0.131. The van der Waals surface area contributed by atoms with E-state index in [9.17, 15) is 4.79 Å². The Morgan fingerprint density at radius 2 is 2.07 bits per heavy atom. The van der Waals surface area contributed by atoms with Crippen LogP contribution in [0.4, 0.5) is 0 Å². The van der Waals surface area contributed by atoms with Crippen LogP contribution >= 0.6 is 0 Å². The van der Waals surface area contributed by atoms with E-state index in [-0.39, 0.29) is 11.8 Å². The highest BCUT2D eigenvalue weighted by atomic mass is 16.5. The fourth-order valence-corrected chi connectivity index (χ4v) is 3.34. The molecule has 1 amide bonds. The van der Waals surface area contributed by atoms with Crippen molar-refractivity contribution < 1.29 is 18.4 Å². The van der Waals surface area contributed by atoms with Crippen molar-refractivity contribution in [3.05, 3.63) is 54.1 Å². The number of nitrogens with zero attached hydrogens (tertiary/aromatic N) is 3. The second-order valence-corrected chi connectivity index (χ2v) is 6.61. The number of amides is 1. The molecule has 0 N–H and O–H groups in total. The second-order valence-electron chi connectivity index (χ2n) is 6.61. The van der Waals surface area contributed by atoms with Crippen LogP contribution in [0.1, 0.15) is 30.2 Å². The lowest BCUT2D eigenvalue weighted by atomic mass is 9.96. The lowest BCUT2D eigenvalue weighted by Crippen LogP contribution is -2.38. The summed E-state index contributed by atoms with van der Waals surface area (Å²) in [7, 11) is 1.63. The first-order chi connectivity index (χ1) is 13.2. The number of carbonyl (C=O) groups excluding carboxylic acids is 1. The van der Waals surface area contributed by atoms with Crippen LogP contribution in [0.25, 0.3) is 11.7 Å². The van der Waals surface area contributed by atoms with Gasteiger partial charge in [-0.1, -0.05) is 12.1 Å². The minimum Gasteiger partial charge on any atom is -0.497 e. The maximum Gasteiger partial charge on any atom is 0.283 e. The SMILES string of the molecule is COc1cccc(CC(=O)N2CCC(c3nnc(-c4ccco4)o3)CC2)c1. The molecule has 1 aliphatic rings. The number of aromatic nitrogens is 2. The Hall–Kier alpha value is -3.09. The molecule has 0 bridgehead atoms. The molecule has 0 aliphatic carbocycles. The first-order valence-corrected chi connectivity index (χ1v) is 9.01. The topological polar surface area (TPSA) is 81.6 Å². The van der Waals surface area contributed by atoms with E-state index in [1.54, 1.807) is 25.5 Å². The zero-order valence-electron chi connectivity index (χ0n) is 15.1. The number of hydrogen-bond acceptors (Lipinski definition) is 6. The van der Waals surface area contributed by atoms with Gasteiger partial charge in [0.25, 0.3) is 5.89 Å². The van der Waals surface area contributed by atoms with E-state index in [0.29, 0.717) is 37.1 Å². The summed E-state index contributed by atoms with van der Waals surface area (Å²) >= 11 is 0. The number of furan rings is 1. The summed E-state index contributed by atoms with van der Waals surface area (Å²) in [5, 5.41) is 8.22. The average molecular weight is 367 g/mol.